The smallest absolute Gasteiger partial charge is 0.191 e. The number of likely N-dealkylation sites (tertiary alicyclic amines) is 1. The first-order valence-corrected chi connectivity index (χ1v) is 7.65. The summed E-state index contributed by atoms with van der Waals surface area (Å²) in [6.45, 7) is 7.63. The second-order valence-electron chi connectivity index (χ2n) is 5.44. The molecule has 0 aromatic heterocycles. The highest BCUT2D eigenvalue weighted by Crippen LogP contribution is 2.18. The average molecular weight is 380 g/mol. The molecule has 2 fully saturated rings. The molecule has 1 aliphatic carbocycles. The normalized spacial score (nSPS) is 21.4. The number of nitrogens with zero attached hydrogens (tertiary/aromatic N) is 2. The van der Waals surface area contributed by atoms with Crippen LogP contribution in [0.2, 0.25) is 0 Å². The number of halogens is 1. The summed E-state index contributed by atoms with van der Waals surface area (Å²) in [5.41, 5.74) is 0. The zero-order valence-corrected chi connectivity index (χ0v) is 14.5. The van der Waals surface area contributed by atoms with Crippen LogP contribution in [-0.4, -0.2) is 49.6 Å². The Morgan fingerprint density at radius 2 is 1.84 bits per heavy atom. The van der Waals surface area contributed by atoms with E-state index in [-0.39, 0.29) is 24.0 Å². The molecule has 4 nitrogen and oxygen atoms in total. The van der Waals surface area contributed by atoms with Crippen LogP contribution in [0.1, 0.15) is 45.4 Å². The zero-order valence-electron chi connectivity index (χ0n) is 12.2. The van der Waals surface area contributed by atoms with Gasteiger partial charge in [0.05, 0.1) is 6.54 Å². The molecule has 2 N–H and O–H groups in total. The Kier molecular flexibility index (Phi) is 8.77. The van der Waals surface area contributed by atoms with Gasteiger partial charge in [-0.15, -0.1) is 24.0 Å². The molecule has 1 saturated heterocycles. The third-order valence-corrected chi connectivity index (χ3v) is 3.65. The number of rotatable bonds is 5. The first-order valence-electron chi connectivity index (χ1n) is 7.65. The summed E-state index contributed by atoms with van der Waals surface area (Å²) in [6.07, 6.45) is 8.15. The zero-order chi connectivity index (χ0) is 12.6. The Labute approximate surface area is 134 Å². The maximum absolute atomic E-state index is 4.67. The van der Waals surface area contributed by atoms with E-state index in [4.69, 9.17) is 0 Å². The van der Waals surface area contributed by atoms with Gasteiger partial charge in [0.1, 0.15) is 0 Å². The molecule has 0 unspecified atom stereocenters. The van der Waals surface area contributed by atoms with Crippen LogP contribution in [0.25, 0.3) is 0 Å². The summed E-state index contributed by atoms with van der Waals surface area (Å²) in [5, 5.41) is 6.79. The molecule has 0 aromatic carbocycles. The van der Waals surface area contributed by atoms with Crippen molar-refractivity contribution in [2.24, 2.45) is 4.99 Å². The van der Waals surface area contributed by atoms with Gasteiger partial charge in [0.25, 0.3) is 0 Å². The van der Waals surface area contributed by atoms with E-state index >= 15 is 0 Å². The lowest BCUT2D eigenvalue weighted by Crippen LogP contribution is -2.39. The number of hydrogen-bond donors (Lipinski definition) is 2. The fourth-order valence-corrected chi connectivity index (χ4v) is 2.40. The SMILES string of the molecule is CCNC(=NCCN1CCCCCC1)NC1CC1.I. The Hall–Kier alpha value is -0.0400. The molecule has 1 heterocycles. The maximum atomic E-state index is 4.67. The number of hydrogen-bond acceptors (Lipinski definition) is 2. The Morgan fingerprint density at radius 1 is 1.16 bits per heavy atom. The summed E-state index contributed by atoms with van der Waals surface area (Å²) in [7, 11) is 0. The highest BCUT2D eigenvalue weighted by Gasteiger charge is 2.22. The van der Waals surface area contributed by atoms with Gasteiger partial charge in [-0.25, -0.2) is 0 Å². The van der Waals surface area contributed by atoms with Crippen LogP contribution < -0.4 is 10.6 Å². The van der Waals surface area contributed by atoms with E-state index in [2.05, 4.69) is 27.4 Å². The fraction of sp³-hybridized carbons (Fsp3) is 0.929. The molecule has 1 aliphatic heterocycles. The van der Waals surface area contributed by atoms with E-state index in [0.717, 1.165) is 25.6 Å². The molecule has 0 bridgehead atoms. The van der Waals surface area contributed by atoms with Crippen molar-refractivity contribution >= 4 is 29.9 Å². The molecular weight excluding hydrogens is 351 g/mol. The molecule has 2 aliphatic rings. The van der Waals surface area contributed by atoms with Gasteiger partial charge in [-0.05, 0) is 45.7 Å². The summed E-state index contributed by atoms with van der Waals surface area (Å²) in [4.78, 5) is 7.24. The molecule has 112 valence electrons. The van der Waals surface area contributed by atoms with Gasteiger partial charge in [-0.1, -0.05) is 12.8 Å². The topological polar surface area (TPSA) is 39.7 Å². The first-order chi connectivity index (χ1) is 8.88. The standard InChI is InChI=1S/C14H28N4.HI/c1-2-15-14(17-13-7-8-13)16-9-12-18-10-5-3-4-6-11-18;/h13H,2-12H2,1H3,(H2,15,16,17);1H. The number of guanidine groups is 1. The van der Waals surface area contributed by atoms with E-state index < -0.39 is 0 Å². The van der Waals surface area contributed by atoms with Crippen LogP contribution in [0.4, 0.5) is 0 Å². The van der Waals surface area contributed by atoms with E-state index in [9.17, 15) is 0 Å². The van der Waals surface area contributed by atoms with Gasteiger partial charge >= 0.3 is 0 Å². The third-order valence-electron chi connectivity index (χ3n) is 3.65. The van der Waals surface area contributed by atoms with Crippen molar-refractivity contribution in [1.82, 2.24) is 15.5 Å². The minimum absolute atomic E-state index is 0. The van der Waals surface area contributed by atoms with Gasteiger partial charge in [-0.3, -0.25) is 4.99 Å². The summed E-state index contributed by atoms with van der Waals surface area (Å²) < 4.78 is 0. The van der Waals surface area contributed by atoms with Crippen LogP contribution in [0.15, 0.2) is 4.99 Å². The van der Waals surface area contributed by atoms with Crippen molar-refractivity contribution in [1.29, 1.82) is 0 Å². The van der Waals surface area contributed by atoms with Crippen molar-refractivity contribution in [2.45, 2.75) is 51.5 Å². The van der Waals surface area contributed by atoms with Crippen LogP contribution >= 0.6 is 24.0 Å². The molecular formula is C14H29IN4. The molecule has 19 heavy (non-hydrogen) atoms. The van der Waals surface area contributed by atoms with Crippen LogP contribution in [-0.2, 0) is 0 Å². The van der Waals surface area contributed by atoms with Crippen molar-refractivity contribution in [3.05, 3.63) is 0 Å². The molecule has 0 aromatic rings. The minimum Gasteiger partial charge on any atom is -0.357 e. The molecule has 1 saturated carbocycles. The van der Waals surface area contributed by atoms with Crippen LogP contribution in [0.5, 0.6) is 0 Å². The van der Waals surface area contributed by atoms with Gasteiger partial charge in [0.15, 0.2) is 5.96 Å². The second kappa shape index (κ2) is 9.80. The van der Waals surface area contributed by atoms with Crippen LogP contribution in [0.3, 0.4) is 0 Å². The average Bonchev–Trinajstić information content (AvgIpc) is 3.16. The fourth-order valence-electron chi connectivity index (χ4n) is 2.40. The lowest BCUT2D eigenvalue weighted by molar-refractivity contribution is 0.293. The summed E-state index contributed by atoms with van der Waals surface area (Å²) in [5.74, 6) is 1.01. The first kappa shape index (κ1) is 17.0. The van der Waals surface area contributed by atoms with Gasteiger partial charge in [0.2, 0.25) is 0 Å². The number of nitrogens with one attached hydrogen (secondary N) is 2. The lowest BCUT2D eigenvalue weighted by Gasteiger charge is -2.18. The highest BCUT2D eigenvalue weighted by molar-refractivity contribution is 14.0. The highest BCUT2D eigenvalue weighted by atomic mass is 127. The molecule has 0 atom stereocenters. The van der Waals surface area contributed by atoms with Gasteiger partial charge in [0, 0.05) is 19.1 Å². The van der Waals surface area contributed by atoms with Crippen molar-refractivity contribution < 1.29 is 0 Å². The maximum Gasteiger partial charge on any atom is 0.191 e. The van der Waals surface area contributed by atoms with Crippen molar-refractivity contribution in [2.75, 3.05) is 32.7 Å². The monoisotopic (exact) mass is 380 g/mol. The Balaban J connectivity index is 0.00000180. The van der Waals surface area contributed by atoms with Gasteiger partial charge in [-0.2, -0.15) is 0 Å². The van der Waals surface area contributed by atoms with Crippen molar-refractivity contribution in [3.8, 4) is 0 Å². The van der Waals surface area contributed by atoms with E-state index in [1.54, 1.807) is 0 Å². The predicted octanol–water partition coefficient (Wildman–Crippen LogP) is 2.20. The molecule has 0 amide bonds. The molecule has 0 spiro atoms. The molecule has 2 rings (SSSR count). The third kappa shape index (κ3) is 7.34. The van der Waals surface area contributed by atoms with E-state index in [0.29, 0.717) is 6.04 Å². The Morgan fingerprint density at radius 3 is 2.42 bits per heavy atom. The van der Waals surface area contributed by atoms with Crippen LogP contribution in [0, 0.1) is 0 Å². The van der Waals surface area contributed by atoms with E-state index in [1.807, 2.05) is 0 Å². The van der Waals surface area contributed by atoms with Gasteiger partial charge < -0.3 is 15.5 Å². The lowest BCUT2D eigenvalue weighted by atomic mass is 10.2. The molecule has 0 radical (unpaired) electrons. The Bertz CT molecular complexity index is 258. The summed E-state index contributed by atoms with van der Waals surface area (Å²) in [6, 6.07) is 0.681. The predicted molar refractivity (Wildman–Crippen MR) is 92.5 cm³/mol. The second-order valence-corrected chi connectivity index (χ2v) is 5.44. The quantitative estimate of drug-likeness (QED) is 0.437. The van der Waals surface area contributed by atoms with E-state index in [1.165, 1.54) is 51.6 Å². The molecule has 5 heteroatoms. The van der Waals surface area contributed by atoms with Crippen molar-refractivity contribution in [3.63, 3.8) is 0 Å². The number of aliphatic imine (C=N–C) groups is 1. The minimum atomic E-state index is 0. The largest absolute Gasteiger partial charge is 0.357 e. The summed E-state index contributed by atoms with van der Waals surface area (Å²) >= 11 is 0.